The number of aryl methyl sites for hydroxylation is 4. The van der Waals surface area contributed by atoms with Crippen LogP contribution < -0.4 is 21.2 Å². The summed E-state index contributed by atoms with van der Waals surface area (Å²) in [6, 6.07) is 17.1. The maximum absolute atomic E-state index is 12.8. The highest BCUT2D eigenvalue weighted by Gasteiger charge is 2.20. The van der Waals surface area contributed by atoms with Crippen LogP contribution in [0.5, 0.6) is 5.88 Å². The summed E-state index contributed by atoms with van der Waals surface area (Å²) < 4.78 is 11.0. The van der Waals surface area contributed by atoms with Gasteiger partial charge in [-0.25, -0.2) is 14.8 Å². The molecule has 2 atom stereocenters. The summed E-state index contributed by atoms with van der Waals surface area (Å²) in [6.07, 6.45) is 13.0. The van der Waals surface area contributed by atoms with Crippen molar-refractivity contribution in [2.45, 2.75) is 77.0 Å². The van der Waals surface area contributed by atoms with E-state index in [1.165, 1.54) is 46.3 Å². The van der Waals surface area contributed by atoms with E-state index in [2.05, 4.69) is 57.1 Å². The minimum atomic E-state index is -0.240. The highest BCUT2D eigenvalue weighted by atomic mass is 16.5. The van der Waals surface area contributed by atoms with Gasteiger partial charge in [-0.15, -0.1) is 0 Å². The Kier molecular flexibility index (Phi) is 11.2. The van der Waals surface area contributed by atoms with Crippen molar-refractivity contribution in [1.82, 2.24) is 15.3 Å². The molecule has 4 N–H and O–H groups in total. The zero-order valence-corrected chi connectivity index (χ0v) is 27.5. The smallest absolute Gasteiger partial charge is 0.339 e. The topological polar surface area (TPSA) is 102 Å². The molecule has 2 unspecified atom stereocenters. The number of hydrogen-bond donors (Lipinski definition) is 3. The molecule has 2 aliphatic carbocycles. The third-order valence-electron chi connectivity index (χ3n) is 10.3. The number of aromatic nitrogens is 1. The Morgan fingerprint density at radius 2 is 1.59 bits per heavy atom. The van der Waals surface area contributed by atoms with Crippen molar-refractivity contribution in [2.24, 2.45) is 17.6 Å². The largest absolute Gasteiger partial charge is 0.481 e. The fraction of sp³-hybridized carbons (Fsp3) is 0.526. The van der Waals surface area contributed by atoms with E-state index in [4.69, 9.17) is 15.2 Å². The van der Waals surface area contributed by atoms with Gasteiger partial charge in [0, 0.05) is 43.5 Å². The standard InChI is InChI=1S/C38H51N5O3/c1-45-37-16-14-31-18-21-43(22-19-36(31)41-37)42-35-15-13-30-9-7-28(3-2-4-32(30)24-35)25-40-26-46-38(44)34-12-11-29-8-5-27(17-20-39)6-10-33(29)23-34/h11-16,23-24,27-28,40,42H,2-10,17-22,25-26,39H2,1H3. The zero-order chi connectivity index (χ0) is 31.7. The number of esters is 1. The Balaban J connectivity index is 0.935. The zero-order valence-electron chi connectivity index (χ0n) is 27.5. The quantitative estimate of drug-likeness (QED) is 0.115. The third-order valence-corrected chi connectivity index (χ3v) is 10.3. The number of hydrazine groups is 1. The summed E-state index contributed by atoms with van der Waals surface area (Å²) >= 11 is 0. The predicted octanol–water partition coefficient (Wildman–Crippen LogP) is 5.65. The predicted molar refractivity (Wildman–Crippen MR) is 183 cm³/mol. The maximum Gasteiger partial charge on any atom is 0.339 e. The van der Waals surface area contributed by atoms with E-state index in [9.17, 15) is 4.79 Å². The molecule has 0 saturated heterocycles. The molecule has 0 bridgehead atoms. The minimum absolute atomic E-state index is 0.240. The summed E-state index contributed by atoms with van der Waals surface area (Å²) in [4.78, 5) is 17.5. The summed E-state index contributed by atoms with van der Waals surface area (Å²) in [5.41, 5.74) is 19.3. The van der Waals surface area contributed by atoms with Crippen LogP contribution in [0.4, 0.5) is 5.69 Å². The van der Waals surface area contributed by atoms with Gasteiger partial charge in [0.05, 0.1) is 12.7 Å². The van der Waals surface area contributed by atoms with Crippen molar-refractivity contribution < 1.29 is 14.3 Å². The number of benzene rings is 2. The lowest BCUT2D eigenvalue weighted by Crippen LogP contribution is -2.32. The van der Waals surface area contributed by atoms with Crippen LogP contribution in [0.3, 0.4) is 0 Å². The van der Waals surface area contributed by atoms with Gasteiger partial charge in [0.25, 0.3) is 0 Å². The first-order chi connectivity index (χ1) is 22.6. The van der Waals surface area contributed by atoms with Crippen LogP contribution in [-0.4, -0.2) is 56.0 Å². The maximum atomic E-state index is 12.8. The molecule has 46 heavy (non-hydrogen) atoms. The van der Waals surface area contributed by atoms with E-state index in [1.54, 1.807) is 7.11 Å². The van der Waals surface area contributed by atoms with E-state index < -0.39 is 0 Å². The number of anilines is 1. The van der Waals surface area contributed by atoms with Crippen molar-refractivity contribution >= 4 is 11.7 Å². The lowest BCUT2D eigenvalue weighted by molar-refractivity contribution is 0.0466. The van der Waals surface area contributed by atoms with Crippen LogP contribution in [0.25, 0.3) is 0 Å². The number of hydrogen-bond acceptors (Lipinski definition) is 8. The summed E-state index contributed by atoms with van der Waals surface area (Å²) in [6.45, 7) is 3.74. The Labute approximate surface area is 274 Å². The van der Waals surface area contributed by atoms with Crippen molar-refractivity contribution in [1.29, 1.82) is 0 Å². The molecule has 246 valence electrons. The van der Waals surface area contributed by atoms with Gasteiger partial charge in [0.2, 0.25) is 5.88 Å². The highest BCUT2D eigenvalue weighted by Crippen LogP contribution is 2.28. The van der Waals surface area contributed by atoms with Gasteiger partial charge < -0.3 is 20.6 Å². The van der Waals surface area contributed by atoms with Crippen molar-refractivity contribution in [3.8, 4) is 5.88 Å². The number of pyridine rings is 1. The molecular weight excluding hydrogens is 574 g/mol. The van der Waals surface area contributed by atoms with E-state index in [0.29, 0.717) is 23.3 Å². The van der Waals surface area contributed by atoms with Crippen LogP contribution in [0, 0.1) is 11.8 Å². The average Bonchev–Trinajstić information content (AvgIpc) is 3.40. The first kappa shape index (κ1) is 32.5. The van der Waals surface area contributed by atoms with Crippen molar-refractivity contribution in [2.75, 3.05) is 45.4 Å². The average molecular weight is 626 g/mol. The van der Waals surface area contributed by atoms with E-state index >= 15 is 0 Å². The molecule has 0 fully saturated rings. The number of nitrogens with two attached hydrogens (primary N) is 1. The molecule has 0 amide bonds. The van der Waals surface area contributed by atoms with Gasteiger partial charge >= 0.3 is 5.97 Å². The SMILES string of the molecule is COc1ccc2c(n1)CCN(Nc1ccc3c(c1)CCCC(CNCOC(=O)c1ccc4c(c1)CCC(CCN)CC4)CC3)CC2. The lowest BCUT2D eigenvalue weighted by Gasteiger charge is -2.25. The Morgan fingerprint density at radius 1 is 0.848 bits per heavy atom. The molecule has 6 rings (SSSR count). The lowest BCUT2D eigenvalue weighted by atomic mass is 9.87. The summed E-state index contributed by atoms with van der Waals surface area (Å²) in [7, 11) is 1.67. The molecule has 8 nitrogen and oxygen atoms in total. The monoisotopic (exact) mass is 625 g/mol. The molecule has 0 radical (unpaired) electrons. The van der Waals surface area contributed by atoms with E-state index in [-0.39, 0.29) is 12.7 Å². The Bertz CT molecular complexity index is 1480. The first-order valence-electron chi connectivity index (χ1n) is 17.4. The minimum Gasteiger partial charge on any atom is -0.481 e. The van der Waals surface area contributed by atoms with Gasteiger partial charge in [-0.05, 0) is 141 Å². The second-order valence-corrected chi connectivity index (χ2v) is 13.4. The van der Waals surface area contributed by atoms with Crippen molar-refractivity contribution in [3.05, 3.63) is 87.6 Å². The molecule has 2 heterocycles. The molecular formula is C38H51N5O3. The fourth-order valence-electron chi connectivity index (χ4n) is 7.51. The summed E-state index contributed by atoms with van der Waals surface area (Å²) in [5.74, 6) is 1.71. The number of carbonyl (C=O) groups is 1. The first-order valence-corrected chi connectivity index (χ1v) is 17.4. The Hall–Kier alpha value is -3.46. The molecule has 1 aromatic heterocycles. The molecule has 2 aromatic carbocycles. The van der Waals surface area contributed by atoms with E-state index in [1.807, 2.05) is 12.1 Å². The second-order valence-electron chi connectivity index (χ2n) is 13.4. The number of fused-ring (bicyclic) bond motifs is 3. The van der Waals surface area contributed by atoms with Crippen LogP contribution in [-0.2, 0) is 43.3 Å². The molecule has 3 aromatic rings. The normalized spacial score (nSPS) is 20.1. The number of rotatable bonds is 10. The van der Waals surface area contributed by atoms with Gasteiger partial charge in [-0.3, -0.25) is 5.32 Å². The summed E-state index contributed by atoms with van der Waals surface area (Å²) in [5, 5.41) is 5.73. The number of nitrogens with one attached hydrogen (secondary N) is 2. The number of carbonyl (C=O) groups excluding carboxylic acids is 1. The second kappa shape index (κ2) is 15.9. The van der Waals surface area contributed by atoms with Gasteiger partial charge in [-0.2, -0.15) is 0 Å². The van der Waals surface area contributed by atoms with Crippen LogP contribution in [0.1, 0.15) is 82.4 Å². The number of ether oxygens (including phenoxy) is 2. The third kappa shape index (κ3) is 8.46. The van der Waals surface area contributed by atoms with Crippen LogP contribution in [0.2, 0.25) is 0 Å². The highest BCUT2D eigenvalue weighted by molar-refractivity contribution is 5.89. The van der Waals surface area contributed by atoms with E-state index in [0.717, 1.165) is 96.1 Å². The molecule has 1 aliphatic heterocycles. The molecule has 0 spiro atoms. The fourth-order valence-corrected chi connectivity index (χ4v) is 7.51. The van der Waals surface area contributed by atoms with Gasteiger partial charge in [0.15, 0.2) is 0 Å². The number of nitrogens with zero attached hydrogens (tertiary/aromatic N) is 2. The van der Waals surface area contributed by atoms with Gasteiger partial charge in [-0.1, -0.05) is 18.2 Å². The van der Waals surface area contributed by atoms with Crippen molar-refractivity contribution in [3.63, 3.8) is 0 Å². The Morgan fingerprint density at radius 3 is 2.41 bits per heavy atom. The van der Waals surface area contributed by atoms with Crippen LogP contribution >= 0.6 is 0 Å². The molecule has 0 saturated carbocycles. The van der Waals surface area contributed by atoms with Gasteiger partial charge in [0.1, 0.15) is 6.73 Å². The van der Waals surface area contributed by atoms with Crippen LogP contribution in [0.15, 0.2) is 48.5 Å². The number of methoxy groups -OCH3 is 1. The molecule has 3 aliphatic rings. The molecule has 8 heteroatoms.